The number of carbonyl (C=O) groups excluding carboxylic acids is 1. The Labute approximate surface area is 119 Å². The van der Waals surface area contributed by atoms with Crippen molar-refractivity contribution in [3.05, 3.63) is 11.8 Å². The first-order chi connectivity index (χ1) is 10.0. The lowest BCUT2D eigenvalue weighted by Crippen LogP contribution is -2.22. The number of methoxy groups -OCH3 is 1. The molecule has 1 aromatic rings. The van der Waals surface area contributed by atoms with Gasteiger partial charge in [0, 0.05) is 5.92 Å². The van der Waals surface area contributed by atoms with Crippen molar-refractivity contribution in [2.75, 3.05) is 7.11 Å². The lowest BCUT2D eigenvalue weighted by atomic mass is 9.82. The zero-order valence-corrected chi connectivity index (χ0v) is 11.6. The van der Waals surface area contributed by atoms with Crippen LogP contribution in [0.15, 0.2) is 4.42 Å². The second kappa shape index (κ2) is 6.91. The lowest BCUT2D eigenvalue weighted by molar-refractivity contribution is -0.146. The highest BCUT2D eigenvalue weighted by Gasteiger charge is 2.31. The molecule has 1 saturated carbocycles. The summed E-state index contributed by atoms with van der Waals surface area (Å²) in [5, 5.41) is 7.40. The van der Waals surface area contributed by atoms with Crippen LogP contribution in [-0.4, -0.2) is 35.9 Å². The Morgan fingerprint density at radius 2 is 1.95 bits per heavy atom. The van der Waals surface area contributed by atoms with E-state index in [2.05, 4.69) is 10.2 Å². The van der Waals surface area contributed by atoms with E-state index >= 15 is 0 Å². The van der Waals surface area contributed by atoms with Gasteiger partial charge in [0.25, 0.3) is 6.43 Å². The third-order valence-corrected chi connectivity index (χ3v) is 3.74. The van der Waals surface area contributed by atoms with Crippen molar-refractivity contribution in [1.82, 2.24) is 10.2 Å². The van der Waals surface area contributed by atoms with E-state index in [-0.39, 0.29) is 23.7 Å². The molecule has 1 heterocycles. The molecule has 1 aliphatic rings. The fourth-order valence-corrected chi connectivity index (χ4v) is 2.51. The molecule has 5 nitrogen and oxygen atoms in total. The molecule has 0 bridgehead atoms. The van der Waals surface area contributed by atoms with Gasteiger partial charge in [-0.2, -0.15) is 0 Å². The molecule has 0 saturated heterocycles. The van der Waals surface area contributed by atoms with Gasteiger partial charge in [-0.15, -0.1) is 10.2 Å². The first-order valence-corrected chi connectivity index (χ1v) is 6.83. The highest BCUT2D eigenvalue weighted by molar-refractivity contribution is 5.72. The summed E-state index contributed by atoms with van der Waals surface area (Å²) < 4.78 is 47.1. The number of ether oxygens (including phenoxy) is 1. The van der Waals surface area contributed by atoms with Crippen LogP contribution in [0.25, 0.3) is 0 Å². The van der Waals surface area contributed by atoms with Crippen molar-refractivity contribution in [1.29, 1.82) is 0 Å². The van der Waals surface area contributed by atoms with Gasteiger partial charge in [0.15, 0.2) is 6.17 Å². The number of aromatic nitrogens is 2. The van der Waals surface area contributed by atoms with Crippen molar-refractivity contribution in [2.24, 2.45) is 5.92 Å². The van der Waals surface area contributed by atoms with E-state index in [0.717, 1.165) is 0 Å². The van der Waals surface area contributed by atoms with Gasteiger partial charge in [-0.05, 0) is 25.7 Å². The minimum Gasteiger partial charge on any atom is -0.469 e. The summed E-state index contributed by atoms with van der Waals surface area (Å²) in [6.07, 6.45) is -3.29. The molecule has 1 atom stereocenters. The molecule has 1 unspecified atom stereocenters. The first kappa shape index (κ1) is 15.8. The number of halogens is 3. The third-order valence-electron chi connectivity index (χ3n) is 3.74. The van der Waals surface area contributed by atoms with Crippen LogP contribution in [-0.2, 0) is 16.0 Å². The topological polar surface area (TPSA) is 65.2 Å². The van der Waals surface area contributed by atoms with Crippen molar-refractivity contribution < 1.29 is 27.1 Å². The number of hydrogen-bond acceptors (Lipinski definition) is 5. The smallest absolute Gasteiger partial charge is 0.308 e. The number of alkyl halides is 3. The summed E-state index contributed by atoms with van der Waals surface area (Å²) in [6.45, 7) is 0. The Kier molecular flexibility index (Phi) is 5.19. The molecule has 8 heteroatoms. The van der Waals surface area contributed by atoms with Gasteiger partial charge in [0.2, 0.25) is 11.8 Å². The molecular formula is C13H17F3N2O3. The largest absolute Gasteiger partial charge is 0.469 e. The highest BCUT2D eigenvalue weighted by atomic mass is 19.3. The van der Waals surface area contributed by atoms with Gasteiger partial charge in [0.05, 0.1) is 19.4 Å². The van der Waals surface area contributed by atoms with Crippen LogP contribution in [0.4, 0.5) is 13.2 Å². The SMILES string of the molecule is COC(=O)C1CCC(c2nnc(CC(F)C(F)F)o2)CC1. The van der Waals surface area contributed by atoms with Gasteiger partial charge >= 0.3 is 5.97 Å². The van der Waals surface area contributed by atoms with Crippen LogP contribution in [0.1, 0.15) is 43.4 Å². The van der Waals surface area contributed by atoms with Gasteiger partial charge in [-0.1, -0.05) is 0 Å². The Hall–Kier alpha value is -1.60. The summed E-state index contributed by atoms with van der Waals surface area (Å²) in [4.78, 5) is 11.4. The van der Waals surface area contributed by atoms with E-state index in [1.54, 1.807) is 0 Å². The molecule has 0 aromatic carbocycles. The van der Waals surface area contributed by atoms with E-state index < -0.39 is 19.0 Å². The molecule has 0 amide bonds. The summed E-state index contributed by atoms with van der Waals surface area (Å²) in [5.74, 6) is -0.154. The molecule has 1 aromatic heterocycles. The second-order valence-corrected chi connectivity index (χ2v) is 5.16. The molecule has 0 aliphatic heterocycles. The molecule has 21 heavy (non-hydrogen) atoms. The molecule has 1 aliphatic carbocycles. The van der Waals surface area contributed by atoms with E-state index in [1.807, 2.05) is 0 Å². The van der Waals surface area contributed by atoms with Gasteiger partial charge < -0.3 is 9.15 Å². The number of nitrogens with zero attached hydrogens (tertiary/aromatic N) is 2. The first-order valence-electron chi connectivity index (χ1n) is 6.83. The van der Waals surface area contributed by atoms with Crippen molar-refractivity contribution in [2.45, 2.75) is 50.6 Å². The number of esters is 1. The molecule has 118 valence electrons. The molecule has 0 N–H and O–H groups in total. The van der Waals surface area contributed by atoms with Crippen molar-refractivity contribution >= 4 is 5.97 Å². The minimum atomic E-state index is -3.06. The van der Waals surface area contributed by atoms with Crippen LogP contribution in [0.2, 0.25) is 0 Å². The molecule has 2 rings (SSSR count). The minimum absolute atomic E-state index is 0.0169. The van der Waals surface area contributed by atoms with E-state index in [1.165, 1.54) is 7.11 Å². The molecule has 0 spiro atoms. The van der Waals surface area contributed by atoms with Crippen LogP contribution in [0, 0.1) is 5.92 Å². The number of hydrogen-bond donors (Lipinski definition) is 0. The Morgan fingerprint density at radius 3 is 2.52 bits per heavy atom. The zero-order chi connectivity index (χ0) is 15.4. The fraction of sp³-hybridized carbons (Fsp3) is 0.769. The highest BCUT2D eigenvalue weighted by Crippen LogP contribution is 2.35. The Bertz CT molecular complexity index is 473. The Morgan fingerprint density at radius 1 is 1.29 bits per heavy atom. The average molecular weight is 306 g/mol. The monoisotopic (exact) mass is 306 g/mol. The predicted octanol–water partition coefficient (Wildman–Crippen LogP) is 2.66. The summed E-state index contributed by atoms with van der Waals surface area (Å²) >= 11 is 0. The van der Waals surface area contributed by atoms with E-state index in [0.29, 0.717) is 31.6 Å². The van der Waals surface area contributed by atoms with E-state index in [9.17, 15) is 18.0 Å². The van der Waals surface area contributed by atoms with Crippen molar-refractivity contribution in [3.8, 4) is 0 Å². The predicted molar refractivity (Wildman–Crippen MR) is 65.6 cm³/mol. The lowest BCUT2D eigenvalue weighted by Gasteiger charge is -2.24. The van der Waals surface area contributed by atoms with Crippen LogP contribution < -0.4 is 0 Å². The van der Waals surface area contributed by atoms with Gasteiger partial charge in [0.1, 0.15) is 0 Å². The maximum atomic E-state index is 12.9. The maximum Gasteiger partial charge on any atom is 0.308 e. The van der Waals surface area contributed by atoms with Crippen LogP contribution in [0.5, 0.6) is 0 Å². The maximum absolute atomic E-state index is 12.9. The summed E-state index contributed by atoms with van der Waals surface area (Å²) in [6, 6.07) is 0. The normalized spacial score (nSPS) is 24.0. The average Bonchev–Trinajstić information content (AvgIpc) is 2.95. The standard InChI is InChI=1S/C13H17F3N2O3/c1-20-13(19)8-4-2-7(3-5-8)12-18-17-10(21-12)6-9(14)11(15)16/h7-9,11H,2-6H2,1H3. The third kappa shape index (κ3) is 3.95. The molecule has 0 radical (unpaired) electrons. The number of rotatable bonds is 5. The van der Waals surface area contributed by atoms with Crippen LogP contribution in [0.3, 0.4) is 0 Å². The molecular weight excluding hydrogens is 289 g/mol. The van der Waals surface area contributed by atoms with Gasteiger partial charge in [-0.3, -0.25) is 4.79 Å². The number of carbonyl (C=O) groups is 1. The van der Waals surface area contributed by atoms with Gasteiger partial charge in [-0.25, -0.2) is 13.2 Å². The fourth-order valence-electron chi connectivity index (χ4n) is 2.51. The van der Waals surface area contributed by atoms with E-state index in [4.69, 9.17) is 9.15 Å². The Balaban J connectivity index is 1.89. The second-order valence-electron chi connectivity index (χ2n) is 5.16. The zero-order valence-electron chi connectivity index (χ0n) is 11.6. The molecule has 1 fully saturated rings. The van der Waals surface area contributed by atoms with Crippen molar-refractivity contribution in [3.63, 3.8) is 0 Å². The quantitative estimate of drug-likeness (QED) is 0.782. The summed E-state index contributed by atoms with van der Waals surface area (Å²) in [5.41, 5.74) is 0. The van der Waals surface area contributed by atoms with Crippen LogP contribution >= 0.6 is 0 Å². The summed E-state index contributed by atoms with van der Waals surface area (Å²) in [7, 11) is 1.36.